The average molecular weight is 637 g/mol. The molecule has 1 heterocycles. The van der Waals surface area contributed by atoms with Crippen LogP contribution in [0.15, 0.2) is 152 Å². The van der Waals surface area contributed by atoms with Gasteiger partial charge in [-0.15, -0.1) is 0 Å². The third-order valence-corrected chi connectivity index (χ3v) is 8.44. The summed E-state index contributed by atoms with van der Waals surface area (Å²) in [6.07, 6.45) is -1.82. The molecule has 238 valence electrons. The number of benzene rings is 5. The summed E-state index contributed by atoms with van der Waals surface area (Å²) in [5.41, 5.74) is -0.821. The standard InChI is InChI=1S/C39H32F4N2O2/c40-36-25-33(39(41,42)43)21-22-35(36)37(46,23-24-47-28-29-13-5-1-6-14-29)34-26-44-45(27-34)38(30-15-7-2-8-16-30,31-17-9-3-10-18-31)32-19-11-4-12-20-32/h1-22,25-27,46H,23-24,28H2. The number of alkyl halides is 3. The molecule has 0 spiro atoms. The van der Waals surface area contributed by atoms with E-state index in [0.29, 0.717) is 6.07 Å². The van der Waals surface area contributed by atoms with Crippen molar-refractivity contribution < 1.29 is 27.4 Å². The maximum atomic E-state index is 15.6. The van der Waals surface area contributed by atoms with E-state index in [0.717, 1.165) is 34.4 Å². The lowest BCUT2D eigenvalue weighted by molar-refractivity contribution is -0.137. The molecular weight excluding hydrogens is 604 g/mol. The van der Waals surface area contributed by atoms with E-state index in [1.807, 2.05) is 121 Å². The van der Waals surface area contributed by atoms with Gasteiger partial charge in [0.1, 0.15) is 17.0 Å². The van der Waals surface area contributed by atoms with Crippen LogP contribution in [0.1, 0.15) is 45.4 Å². The van der Waals surface area contributed by atoms with E-state index in [1.54, 1.807) is 10.9 Å². The second-order valence-corrected chi connectivity index (χ2v) is 11.3. The first-order chi connectivity index (χ1) is 22.7. The molecule has 1 aromatic heterocycles. The molecule has 6 rings (SSSR count). The average Bonchev–Trinajstić information content (AvgIpc) is 3.60. The Morgan fingerprint density at radius 2 is 1.15 bits per heavy atom. The second kappa shape index (κ2) is 13.4. The van der Waals surface area contributed by atoms with Crippen LogP contribution in [-0.2, 0) is 28.7 Å². The quantitative estimate of drug-likeness (QED) is 0.0879. The number of nitrogens with zero attached hydrogens (tertiary/aromatic N) is 2. The van der Waals surface area contributed by atoms with Gasteiger partial charge in [0.05, 0.1) is 25.0 Å². The summed E-state index contributed by atoms with van der Waals surface area (Å²) in [6, 6.07) is 40.8. The normalized spacial score (nSPS) is 13.3. The molecule has 47 heavy (non-hydrogen) atoms. The fourth-order valence-electron chi connectivity index (χ4n) is 6.10. The van der Waals surface area contributed by atoms with E-state index < -0.39 is 28.7 Å². The largest absolute Gasteiger partial charge is 0.416 e. The second-order valence-electron chi connectivity index (χ2n) is 11.3. The first-order valence-corrected chi connectivity index (χ1v) is 15.2. The molecular formula is C39H32F4N2O2. The van der Waals surface area contributed by atoms with Crippen molar-refractivity contribution in [3.8, 4) is 0 Å². The van der Waals surface area contributed by atoms with Gasteiger partial charge in [0.2, 0.25) is 0 Å². The van der Waals surface area contributed by atoms with Crippen molar-refractivity contribution in [1.82, 2.24) is 9.78 Å². The Morgan fingerprint density at radius 3 is 1.64 bits per heavy atom. The molecule has 1 atom stereocenters. The predicted molar refractivity (Wildman–Crippen MR) is 172 cm³/mol. The van der Waals surface area contributed by atoms with Gasteiger partial charge in [0.15, 0.2) is 0 Å². The van der Waals surface area contributed by atoms with Crippen LogP contribution in [-0.4, -0.2) is 21.5 Å². The fourth-order valence-corrected chi connectivity index (χ4v) is 6.10. The molecule has 1 N–H and O–H groups in total. The van der Waals surface area contributed by atoms with Gasteiger partial charge in [-0.25, -0.2) is 4.39 Å². The van der Waals surface area contributed by atoms with Crippen LogP contribution < -0.4 is 0 Å². The molecule has 1 unspecified atom stereocenters. The van der Waals surface area contributed by atoms with Crippen molar-refractivity contribution in [2.75, 3.05) is 6.61 Å². The van der Waals surface area contributed by atoms with Gasteiger partial charge in [-0.3, -0.25) is 4.68 Å². The van der Waals surface area contributed by atoms with Crippen LogP contribution in [0, 0.1) is 5.82 Å². The minimum Gasteiger partial charge on any atom is -0.380 e. The number of ether oxygens (including phenoxy) is 1. The van der Waals surface area contributed by atoms with Crippen molar-refractivity contribution in [1.29, 1.82) is 0 Å². The predicted octanol–water partition coefficient (Wildman–Crippen LogP) is 8.72. The van der Waals surface area contributed by atoms with E-state index in [4.69, 9.17) is 9.84 Å². The van der Waals surface area contributed by atoms with E-state index in [9.17, 15) is 18.3 Å². The van der Waals surface area contributed by atoms with Crippen LogP contribution in [0.5, 0.6) is 0 Å². The van der Waals surface area contributed by atoms with Gasteiger partial charge in [-0.2, -0.15) is 18.3 Å². The molecule has 0 aliphatic carbocycles. The molecule has 0 amide bonds. The first-order valence-electron chi connectivity index (χ1n) is 15.2. The van der Waals surface area contributed by atoms with Crippen molar-refractivity contribution in [3.63, 3.8) is 0 Å². The molecule has 0 saturated heterocycles. The van der Waals surface area contributed by atoms with Crippen LogP contribution in [0.4, 0.5) is 17.6 Å². The van der Waals surface area contributed by atoms with Crippen LogP contribution in [0.25, 0.3) is 0 Å². The highest BCUT2D eigenvalue weighted by Gasteiger charge is 2.42. The van der Waals surface area contributed by atoms with E-state index >= 15 is 4.39 Å². The minimum atomic E-state index is -4.75. The molecule has 4 nitrogen and oxygen atoms in total. The van der Waals surface area contributed by atoms with E-state index in [1.165, 1.54) is 6.20 Å². The Morgan fingerprint density at radius 1 is 0.638 bits per heavy atom. The molecule has 8 heteroatoms. The molecule has 6 aromatic rings. The zero-order valence-corrected chi connectivity index (χ0v) is 25.3. The zero-order chi connectivity index (χ0) is 32.9. The lowest BCUT2D eigenvalue weighted by Gasteiger charge is -2.36. The SMILES string of the molecule is OC(CCOCc1ccccc1)(c1cnn(C(c2ccccc2)(c2ccccc2)c2ccccc2)c1)c1ccc(C(F)(F)F)cc1F. The molecule has 0 fully saturated rings. The van der Waals surface area contributed by atoms with Gasteiger partial charge >= 0.3 is 6.18 Å². The maximum Gasteiger partial charge on any atom is 0.416 e. The summed E-state index contributed by atoms with van der Waals surface area (Å²) in [7, 11) is 0. The third kappa shape index (κ3) is 6.35. The molecule has 0 radical (unpaired) electrons. The lowest BCUT2D eigenvalue weighted by atomic mass is 9.77. The number of hydrogen-bond acceptors (Lipinski definition) is 3. The number of halogens is 4. The molecule has 5 aromatic carbocycles. The Balaban J connectivity index is 1.49. The summed E-state index contributed by atoms with van der Waals surface area (Å²) < 4.78 is 63.7. The van der Waals surface area contributed by atoms with Crippen molar-refractivity contribution in [2.24, 2.45) is 0 Å². The third-order valence-electron chi connectivity index (χ3n) is 8.44. The van der Waals surface area contributed by atoms with Gasteiger partial charge in [-0.1, -0.05) is 127 Å². The maximum absolute atomic E-state index is 15.6. The lowest BCUT2D eigenvalue weighted by Crippen LogP contribution is -2.38. The Labute approximate surface area is 270 Å². The smallest absolute Gasteiger partial charge is 0.380 e. The number of aliphatic hydroxyl groups is 1. The zero-order valence-electron chi connectivity index (χ0n) is 25.3. The van der Waals surface area contributed by atoms with Gasteiger partial charge in [0.25, 0.3) is 0 Å². The van der Waals surface area contributed by atoms with Crippen LogP contribution >= 0.6 is 0 Å². The minimum absolute atomic E-state index is 0.0156. The highest BCUT2D eigenvalue weighted by atomic mass is 19.4. The van der Waals surface area contributed by atoms with Crippen molar-refractivity contribution >= 4 is 0 Å². The number of aromatic nitrogens is 2. The van der Waals surface area contributed by atoms with Gasteiger partial charge in [0, 0.05) is 23.7 Å². The summed E-state index contributed by atoms with van der Waals surface area (Å²) in [4.78, 5) is 0. The Hall–Kier alpha value is -5.05. The molecule has 0 saturated carbocycles. The first kappa shape index (κ1) is 31.9. The van der Waals surface area contributed by atoms with Crippen molar-refractivity contribution in [3.05, 3.63) is 197 Å². The van der Waals surface area contributed by atoms with Crippen LogP contribution in [0.3, 0.4) is 0 Å². The van der Waals surface area contributed by atoms with E-state index in [-0.39, 0.29) is 30.8 Å². The molecule has 0 bridgehead atoms. The Kier molecular flexibility index (Phi) is 9.07. The topological polar surface area (TPSA) is 47.3 Å². The van der Waals surface area contributed by atoms with Gasteiger partial charge in [-0.05, 0) is 34.4 Å². The summed E-state index contributed by atoms with van der Waals surface area (Å²) in [5.74, 6) is -1.18. The van der Waals surface area contributed by atoms with Crippen LogP contribution in [0.2, 0.25) is 0 Å². The highest BCUT2D eigenvalue weighted by molar-refractivity contribution is 5.51. The fraction of sp³-hybridized carbons (Fsp3) is 0.154. The Bertz CT molecular complexity index is 1800. The summed E-state index contributed by atoms with van der Waals surface area (Å²) in [6.45, 7) is 0.225. The van der Waals surface area contributed by atoms with Gasteiger partial charge < -0.3 is 9.84 Å². The number of rotatable bonds is 11. The number of hydrogen-bond donors (Lipinski definition) is 1. The van der Waals surface area contributed by atoms with E-state index in [2.05, 4.69) is 0 Å². The summed E-state index contributed by atoms with van der Waals surface area (Å²) >= 11 is 0. The summed E-state index contributed by atoms with van der Waals surface area (Å²) in [5, 5.41) is 17.1. The van der Waals surface area contributed by atoms with Crippen molar-refractivity contribution in [2.45, 2.75) is 30.3 Å². The molecule has 0 aliphatic rings. The highest BCUT2D eigenvalue weighted by Crippen LogP contribution is 2.43. The molecule has 0 aliphatic heterocycles. The monoisotopic (exact) mass is 636 g/mol.